The summed E-state index contributed by atoms with van der Waals surface area (Å²) in [6.45, 7) is 0. The number of benzene rings is 3. The van der Waals surface area contributed by atoms with Crippen LogP contribution in [-0.2, 0) is 24.3 Å². The van der Waals surface area contributed by atoms with Crippen LogP contribution in [0.25, 0.3) is 0 Å². The summed E-state index contributed by atoms with van der Waals surface area (Å²) in [5.41, 5.74) is 1.96. The van der Waals surface area contributed by atoms with E-state index in [0.717, 1.165) is 6.26 Å². The summed E-state index contributed by atoms with van der Waals surface area (Å²) < 4.78 is 48.8. The number of carbonyl (C=O) groups is 3. The van der Waals surface area contributed by atoms with Crippen molar-refractivity contribution in [1.82, 2.24) is 4.72 Å². The Morgan fingerprint density at radius 3 is 2.21 bits per heavy atom. The molecule has 13 nitrogen and oxygen atoms in total. The number of ether oxygens (including phenoxy) is 2. The number of Topliss-reactive ketones (excluding diaryl/α,β-unsaturated/α-hetero) is 1. The van der Waals surface area contributed by atoms with Crippen LogP contribution in [0.3, 0.4) is 0 Å². The molecule has 0 aliphatic carbocycles. The van der Waals surface area contributed by atoms with E-state index in [0.29, 0.717) is 22.4 Å². The molecule has 5 rings (SSSR count). The number of sulfonamides is 1. The normalized spacial score (nSPS) is 25.3. The van der Waals surface area contributed by atoms with E-state index in [4.69, 9.17) is 9.47 Å². The highest BCUT2D eigenvalue weighted by molar-refractivity contribution is 7.88. The number of aliphatic hydroxyl groups is 3. The summed E-state index contributed by atoms with van der Waals surface area (Å²) in [5, 5.41) is 39.6. The lowest BCUT2D eigenvalue weighted by Gasteiger charge is -2.47. The molecule has 0 radical (unpaired) electrons. The SMILES string of the molecule is CS(=O)(=O)NC#Cc1ccc(N2C(=O)[C@H](CCC(=O)c3ccc(F)cc3)[C@H]2c2ccc(O[C@@H]3O[C@H](C(=O)O)[C@@H](O)[C@H](O)[C@H]3O)cc2)cc1. The van der Waals surface area contributed by atoms with Gasteiger partial charge in [-0.25, -0.2) is 22.3 Å². The summed E-state index contributed by atoms with van der Waals surface area (Å²) in [4.78, 5) is 39.3. The van der Waals surface area contributed by atoms with Gasteiger partial charge >= 0.3 is 5.97 Å². The maximum Gasteiger partial charge on any atom is 0.335 e. The lowest BCUT2D eigenvalue weighted by atomic mass is 9.78. The molecule has 1 amide bonds. The first-order chi connectivity index (χ1) is 22.7. The second-order valence-corrected chi connectivity index (χ2v) is 13.1. The van der Waals surface area contributed by atoms with Crippen LogP contribution in [0.2, 0.25) is 0 Å². The molecular weight excluding hydrogens is 651 g/mol. The number of ketones is 1. The van der Waals surface area contributed by atoms with Gasteiger partial charge in [-0.05, 0) is 78.6 Å². The number of nitrogens with zero attached hydrogens (tertiary/aromatic N) is 1. The number of rotatable bonds is 10. The zero-order valence-corrected chi connectivity index (χ0v) is 26.1. The molecular formula is C33H31FN2O11S. The number of carboxylic acids is 1. The lowest BCUT2D eigenvalue weighted by Crippen LogP contribution is -2.61. The maximum atomic E-state index is 13.5. The quantitative estimate of drug-likeness (QED) is 0.0894. The Hall–Kier alpha value is -4.85. The van der Waals surface area contributed by atoms with Crippen molar-refractivity contribution in [2.45, 2.75) is 49.6 Å². The number of aliphatic hydroxyl groups excluding tert-OH is 3. The largest absolute Gasteiger partial charge is 0.479 e. The fraction of sp³-hybridized carbons (Fsp3) is 0.303. The molecule has 5 N–H and O–H groups in total. The number of nitrogens with one attached hydrogen (secondary N) is 1. The Bertz CT molecular complexity index is 1840. The number of halogens is 1. The van der Waals surface area contributed by atoms with Crippen LogP contribution in [0.1, 0.15) is 40.4 Å². The molecule has 2 saturated heterocycles. The van der Waals surface area contributed by atoms with Crippen molar-refractivity contribution in [3.8, 4) is 17.7 Å². The van der Waals surface area contributed by atoms with Gasteiger partial charge in [-0.2, -0.15) is 0 Å². The average Bonchev–Trinajstić information content (AvgIpc) is 3.04. The predicted octanol–water partition coefficient (Wildman–Crippen LogP) is 1.32. The van der Waals surface area contributed by atoms with Crippen LogP contribution in [0.4, 0.5) is 10.1 Å². The van der Waals surface area contributed by atoms with Gasteiger partial charge in [0.15, 0.2) is 11.9 Å². The van der Waals surface area contributed by atoms with Crippen molar-refractivity contribution in [1.29, 1.82) is 0 Å². The zero-order valence-electron chi connectivity index (χ0n) is 25.3. The summed E-state index contributed by atoms with van der Waals surface area (Å²) in [7, 11) is -3.51. The van der Waals surface area contributed by atoms with Crippen molar-refractivity contribution in [2.75, 3.05) is 11.2 Å². The van der Waals surface area contributed by atoms with E-state index in [2.05, 4.69) is 16.7 Å². The number of aliphatic carboxylic acids is 1. The topological polar surface area (TPSA) is 200 Å². The predicted molar refractivity (Wildman–Crippen MR) is 166 cm³/mol. The summed E-state index contributed by atoms with van der Waals surface area (Å²) in [5.74, 6) is -0.366. The Labute approximate surface area is 274 Å². The van der Waals surface area contributed by atoms with E-state index in [1.54, 1.807) is 36.4 Å². The highest BCUT2D eigenvalue weighted by atomic mass is 32.2. The van der Waals surface area contributed by atoms with Gasteiger partial charge in [-0.15, -0.1) is 0 Å². The minimum Gasteiger partial charge on any atom is -0.479 e. The Morgan fingerprint density at radius 2 is 1.60 bits per heavy atom. The second kappa shape index (κ2) is 14.1. The van der Waals surface area contributed by atoms with E-state index >= 15 is 0 Å². The van der Waals surface area contributed by atoms with Crippen LogP contribution in [0.15, 0.2) is 72.8 Å². The number of carboxylic acid groups (broad SMARTS) is 1. The fourth-order valence-corrected chi connectivity index (χ4v) is 5.73. The van der Waals surface area contributed by atoms with Gasteiger partial charge in [0.2, 0.25) is 22.2 Å². The Kier molecular flexibility index (Phi) is 10.1. The molecule has 0 aromatic heterocycles. The number of anilines is 1. The molecule has 2 fully saturated rings. The van der Waals surface area contributed by atoms with Gasteiger partial charge in [0.05, 0.1) is 18.2 Å². The smallest absolute Gasteiger partial charge is 0.335 e. The molecule has 3 aromatic carbocycles. The van der Waals surface area contributed by atoms with Crippen molar-refractivity contribution in [3.63, 3.8) is 0 Å². The fourth-order valence-electron chi connectivity index (χ4n) is 5.49. The molecule has 0 spiro atoms. The third kappa shape index (κ3) is 7.64. The zero-order chi connectivity index (χ0) is 34.7. The van der Waals surface area contributed by atoms with Crippen molar-refractivity contribution in [3.05, 3.63) is 95.3 Å². The molecule has 2 heterocycles. The highest BCUT2D eigenvalue weighted by Gasteiger charge is 2.49. The minimum absolute atomic E-state index is 0.0191. The Morgan fingerprint density at radius 1 is 0.958 bits per heavy atom. The summed E-state index contributed by atoms with van der Waals surface area (Å²) >= 11 is 0. The third-order valence-electron chi connectivity index (χ3n) is 7.94. The summed E-state index contributed by atoms with van der Waals surface area (Å²) in [6.07, 6.45) is -7.75. The number of β-lactam (4-membered cyclic amide) rings is 1. The molecule has 0 bridgehead atoms. The Balaban J connectivity index is 1.36. The molecule has 252 valence electrons. The van der Waals surface area contributed by atoms with Gasteiger partial charge in [0, 0.05) is 29.3 Å². The van der Waals surface area contributed by atoms with E-state index in [-0.39, 0.29) is 30.3 Å². The molecule has 0 saturated carbocycles. The average molecular weight is 683 g/mol. The number of hydrogen-bond acceptors (Lipinski definition) is 10. The first kappa shape index (κ1) is 34.5. The van der Waals surface area contributed by atoms with Gasteiger partial charge in [-0.1, -0.05) is 12.1 Å². The van der Waals surface area contributed by atoms with Gasteiger partial charge in [0.25, 0.3) is 0 Å². The van der Waals surface area contributed by atoms with Crippen LogP contribution in [0, 0.1) is 23.7 Å². The summed E-state index contributed by atoms with van der Waals surface area (Å²) in [6, 6.07) is 19.7. The first-order valence-electron chi connectivity index (χ1n) is 14.6. The van der Waals surface area contributed by atoms with Crippen LogP contribution in [0.5, 0.6) is 5.75 Å². The lowest BCUT2D eigenvalue weighted by molar-refractivity contribution is -0.271. The molecule has 7 atom stereocenters. The standard InChI is InChI=1S/C33H31FN2O11S/c1-48(44,45)35-17-16-18-2-10-22(11-3-18)36-26(24(31(36)41)14-15-25(37)19-4-8-21(34)9-5-19)20-6-12-23(13-7-20)46-33-29(40)27(38)28(39)30(47-33)32(42)43/h2-13,24,26-30,33,35,38-40H,14-15H2,1H3,(H,42,43)/t24-,26-,27+,28+,29-,30+,33-/m1/s1. The van der Waals surface area contributed by atoms with Crippen molar-refractivity contribution >= 4 is 33.4 Å². The van der Waals surface area contributed by atoms with Gasteiger partial charge in [-0.3, -0.25) is 9.59 Å². The van der Waals surface area contributed by atoms with E-state index in [9.17, 15) is 47.6 Å². The number of carbonyl (C=O) groups excluding carboxylic acids is 2. The van der Waals surface area contributed by atoms with Crippen LogP contribution in [-0.4, -0.2) is 83.5 Å². The third-order valence-corrected chi connectivity index (χ3v) is 8.41. The van der Waals surface area contributed by atoms with E-state index in [1.165, 1.54) is 41.3 Å². The molecule has 0 unspecified atom stereocenters. The molecule has 2 aliphatic heterocycles. The van der Waals surface area contributed by atoms with E-state index < -0.39 is 64.5 Å². The number of hydrogen-bond donors (Lipinski definition) is 5. The van der Waals surface area contributed by atoms with Gasteiger partial charge in [0.1, 0.15) is 29.9 Å². The van der Waals surface area contributed by atoms with Crippen LogP contribution >= 0.6 is 0 Å². The van der Waals surface area contributed by atoms with Crippen LogP contribution < -0.4 is 14.4 Å². The van der Waals surface area contributed by atoms with Crippen molar-refractivity contribution in [2.24, 2.45) is 5.92 Å². The highest BCUT2D eigenvalue weighted by Crippen LogP contribution is 2.46. The van der Waals surface area contributed by atoms with Crippen molar-refractivity contribution < 1.29 is 57.1 Å². The maximum absolute atomic E-state index is 13.5. The van der Waals surface area contributed by atoms with Gasteiger partial charge < -0.3 is 34.8 Å². The second-order valence-electron chi connectivity index (χ2n) is 11.3. The minimum atomic E-state index is -3.51. The van der Waals surface area contributed by atoms with E-state index in [1.807, 2.05) is 0 Å². The first-order valence-corrected chi connectivity index (χ1v) is 16.5. The molecule has 15 heteroatoms. The number of amides is 1. The molecule has 2 aliphatic rings. The molecule has 3 aromatic rings. The molecule has 48 heavy (non-hydrogen) atoms. The monoisotopic (exact) mass is 682 g/mol.